The molecule has 2 aromatic carbocycles. The molecule has 9 heteroatoms. The van der Waals surface area contributed by atoms with E-state index in [2.05, 4.69) is 10.2 Å². The molecule has 3 rings (SSSR count). The summed E-state index contributed by atoms with van der Waals surface area (Å²) < 4.78 is 5.37. The van der Waals surface area contributed by atoms with E-state index in [-0.39, 0.29) is 5.91 Å². The Hall–Kier alpha value is -2.15. The monoisotopic (exact) mass is 497 g/mol. The second-order valence-electron chi connectivity index (χ2n) is 8.54. The molecule has 2 amide bonds. The molecule has 0 spiro atoms. The molecule has 6 nitrogen and oxygen atoms in total. The second kappa shape index (κ2) is 10.2. The smallest absolute Gasteiger partial charge is 0.408 e. The molecule has 1 aliphatic heterocycles. The van der Waals surface area contributed by atoms with E-state index in [1.165, 1.54) is 0 Å². The standard InChI is InChI=1S/C23H26Cl3N3O3/c1-23(2,3)32-22(31)27-20(15-4-6-16(24)7-5-15)21(30)29-12-10-28(11-13-29)19-9-8-17(25)14-18(19)26/h4-9,14,20H,10-13H2,1-3H3,(H,27,31). The van der Waals surface area contributed by atoms with Gasteiger partial charge in [0, 0.05) is 36.2 Å². The number of hydrogen-bond donors (Lipinski definition) is 1. The highest BCUT2D eigenvalue weighted by atomic mass is 35.5. The number of amides is 2. The first-order valence-corrected chi connectivity index (χ1v) is 11.4. The topological polar surface area (TPSA) is 61.9 Å². The largest absolute Gasteiger partial charge is 0.444 e. The quantitative estimate of drug-likeness (QED) is 0.599. The van der Waals surface area contributed by atoms with Gasteiger partial charge in [0.2, 0.25) is 5.91 Å². The first-order chi connectivity index (χ1) is 15.0. The van der Waals surface area contributed by atoms with Gasteiger partial charge in [-0.3, -0.25) is 4.79 Å². The summed E-state index contributed by atoms with van der Waals surface area (Å²) in [6, 6.07) is 11.3. The van der Waals surface area contributed by atoms with Crippen LogP contribution in [0.25, 0.3) is 0 Å². The number of anilines is 1. The van der Waals surface area contributed by atoms with Crippen molar-refractivity contribution >= 4 is 52.5 Å². The van der Waals surface area contributed by atoms with E-state index >= 15 is 0 Å². The van der Waals surface area contributed by atoms with E-state index in [9.17, 15) is 9.59 Å². The molecule has 1 unspecified atom stereocenters. The van der Waals surface area contributed by atoms with Crippen LogP contribution in [0, 0.1) is 0 Å². The van der Waals surface area contributed by atoms with Crippen molar-refractivity contribution in [3.8, 4) is 0 Å². The molecule has 1 saturated heterocycles. The SMILES string of the molecule is CC(C)(C)OC(=O)NC(C(=O)N1CCN(c2ccc(Cl)cc2Cl)CC1)c1ccc(Cl)cc1. The van der Waals surface area contributed by atoms with Crippen LogP contribution in [0.4, 0.5) is 10.5 Å². The van der Waals surface area contributed by atoms with E-state index < -0.39 is 17.7 Å². The third-order valence-electron chi connectivity index (χ3n) is 4.95. The summed E-state index contributed by atoms with van der Waals surface area (Å²) in [7, 11) is 0. The molecule has 1 atom stereocenters. The van der Waals surface area contributed by atoms with Crippen LogP contribution in [-0.2, 0) is 9.53 Å². The maximum Gasteiger partial charge on any atom is 0.408 e. The van der Waals surface area contributed by atoms with Gasteiger partial charge < -0.3 is 19.9 Å². The zero-order valence-corrected chi connectivity index (χ0v) is 20.5. The minimum Gasteiger partial charge on any atom is -0.444 e. The number of carbonyl (C=O) groups excluding carboxylic acids is 2. The third kappa shape index (κ3) is 6.44. The number of nitrogens with zero attached hydrogens (tertiary/aromatic N) is 2. The maximum absolute atomic E-state index is 13.4. The van der Waals surface area contributed by atoms with Gasteiger partial charge in [0.1, 0.15) is 11.6 Å². The molecular formula is C23H26Cl3N3O3. The number of nitrogens with one attached hydrogen (secondary N) is 1. The first-order valence-electron chi connectivity index (χ1n) is 10.3. The zero-order valence-electron chi connectivity index (χ0n) is 18.2. The summed E-state index contributed by atoms with van der Waals surface area (Å²) >= 11 is 18.3. The van der Waals surface area contributed by atoms with Gasteiger partial charge in [0.25, 0.3) is 0 Å². The van der Waals surface area contributed by atoms with Crippen molar-refractivity contribution in [1.82, 2.24) is 10.2 Å². The third-order valence-corrected chi connectivity index (χ3v) is 5.74. The molecule has 1 fully saturated rings. The Morgan fingerprint density at radius 2 is 1.53 bits per heavy atom. The molecule has 1 heterocycles. The van der Waals surface area contributed by atoms with Crippen LogP contribution in [0.2, 0.25) is 15.1 Å². The fourth-order valence-electron chi connectivity index (χ4n) is 3.46. The fourth-order valence-corrected chi connectivity index (χ4v) is 4.11. The van der Waals surface area contributed by atoms with Crippen molar-refractivity contribution in [3.05, 3.63) is 63.1 Å². The number of ether oxygens (including phenoxy) is 1. The van der Waals surface area contributed by atoms with E-state index in [4.69, 9.17) is 39.5 Å². The highest BCUT2D eigenvalue weighted by Crippen LogP contribution is 2.30. The van der Waals surface area contributed by atoms with E-state index in [0.29, 0.717) is 46.8 Å². The Balaban J connectivity index is 1.73. The molecule has 172 valence electrons. The molecule has 32 heavy (non-hydrogen) atoms. The number of rotatable bonds is 4. The van der Waals surface area contributed by atoms with E-state index in [1.54, 1.807) is 62.1 Å². The van der Waals surface area contributed by atoms with Gasteiger partial charge in [0.05, 0.1) is 10.7 Å². The number of halogens is 3. The Kier molecular flexibility index (Phi) is 7.80. The predicted octanol–water partition coefficient (Wildman–Crippen LogP) is 5.56. The highest BCUT2D eigenvalue weighted by molar-refractivity contribution is 6.36. The fraction of sp³-hybridized carbons (Fsp3) is 0.391. The molecule has 2 aromatic rings. The van der Waals surface area contributed by atoms with Gasteiger partial charge in [-0.25, -0.2) is 4.79 Å². The number of alkyl carbamates (subject to hydrolysis) is 1. The maximum atomic E-state index is 13.4. The van der Waals surface area contributed by atoms with Crippen LogP contribution in [0.1, 0.15) is 32.4 Å². The zero-order chi connectivity index (χ0) is 23.5. The van der Waals surface area contributed by atoms with Crippen LogP contribution in [0.3, 0.4) is 0 Å². The van der Waals surface area contributed by atoms with Gasteiger partial charge in [-0.15, -0.1) is 0 Å². The predicted molar refractivity (Wildman–Crippen MR) is 129 cm³/mol. The summed E-state index contributed by atoms with van der Waals surface area (Å²) in [4.78, 5) is 29.7. The minimum atomic E-state index is -0.882. The summed E-state index contributed by atoms with van der Waals surface area (Å²) in [5, 5.41) is 4.41. The lowest BCUT2D eigenvalue weighted by atomic mass is 10.1. The molecule has 0 aromatic heterocycles. The van der Waals surface area contributed by atoms with Crippen LogP contribution in [0.5, 0.6) is 0 Å². The van der Waals surface area contributed by atoms with Crippen LogP contribution < -0.4 is 10.2 Å². The minimum absolute atomic E-state index is 0.208. The average molecular weight is 499 g/mol. The van der Waals surface area contributed by atoms with Crippen molar-refractivity contribution in [2.24, 2.45) is 0 Å². The van der Waals surface area contributed by atoms with Crippen molar-refractivity contribution < 1.29 is 14.3 Å². The van der Waals surface area contributed by atoms with Gasteiger partial charge in [-0.05, 0) is 56.7 Å². The Labute approximate surface area is 203 Å². The molecular weight excluding hydrogens is 473 g/mol. The van der Waals surface area contributed by atoms with Crippen molar-refractivity contribution in [2.45, 2.75) is 32.4 Å². The summed E-state index contributed by atoms with van der Waals surface area (Å²) in [6.07, 6.45) is -0.655. The molecule has 1 aliphatic rings. The lowest BCUT2D eigenvalue weighted by Gasteiger charge is -2.38. The first kappa shape index (κ1) is 24.5. The van der Waals surface area contributed by atoms with Gasteiger partial charge in [-0.1, -0.05) is 46.9 Å². The number of benzene rings is 2. The molecule has 1 N–H and O–H groups in total. The normalized spacial score (nSPS) is 15.3. The van der Waals surface area contributed by atoms with Gasteiger partial charge in [-0.2, -0.15) is 0 Å². The Morgan fingerprint density at radius 3 is 2.09 bits per heavy atom. The van der Waals surface area contributed by atoms with Gasteiger partial charge >= 0.3 is 6.09 Å². The number of hydrogen-bond acceptors (Lipinski definition) is 4. The van der Waals surface area contributed by atoms with Crippen molar-refractivity contribution in [1.29, 1.82) is 0 Å². The molecule has 0 aliphatic carbocycles. The Bertz CT molecular complexity index is 969. The van der Waals surface area contributed by atoms with Crippen LogP contribution in [-0.4, -0.2) is 48.7 Å². The van der Waals surface area contributed by atoms with E-state index in [1.807, 2.05) is 6.07 Å². The summed E-state index contributed by atoms with van der Waals surface area (Å²) in [5.74, 6) is -0.208. The van der Waals surface area contributed by atoms with Crippen molar-refractivity contribution in [3.63, 3.8) is 0 Å². The van der Waals surface area contributed by atoms with E-state index in [0.717, 1.165) is 5.69 Å². The van der Waals surface area contributed by atoms with Crippen LogP contribution >= 0.6 is 34.8 Å². The second-order valence-corrected chi connectivity index (χ2v) is 9.82. The number of carbonyl (C=O) groups is 2. The Morgan fingerprint density at radius 1 is 0.938 bits per heavy atom. The molecule has 0 saturated carbocycles. The average Bonchev–Trinajstić information content (AvgIpc) is 2.71. The summed E-state index contributed by atoms with van der Waals surface area (Å²) in [6.45, 7) is 7.49. The lowest BCUT2D eigenvalue weighted by molar-refractivity contribution is -0.134. The highest BCUT2D eigenvalue weighted by Gasteiger charge is 2.31. The van der Waals surface area contributed by atoms with Gasteiger partial charge in [0.15, 0.2) is 0 Å². The lowest BCUT2D eigenvalue weighted by Crippen LogP contribution is -2.52. The van der Waals surface area contributed by atoms with Crippen molar-refractivity contribution in [2.75, 3.05) is 31.1 Å². The molecule has 0 bridgehead atoms. The number of piperazine rings is 1. The molecule has 0 radical (unpaired) electrons. The summed E-state index contributed by atoms with van der Waals surface area (Å²) in [5.41, 5.74) is 0.832. The van der Waals surface area contributed by atoms with Crippen LogP contribution in [0.15, 0.2) is 42.5 Å².